The Kier molecular flexibility index (Phi) is 6.90. The van der Waals surface area contributed by atoms with Gasteiger partial charge >= 0.3 is 12.1 Å². The van der Waals surface area contributed by atoms with Gasteiger partial charge in [-0.05, 0) is 46.0 Å². The molecule has 3 amide bonds. The summed E-state index contributed by atoms with van der Waals surface area (Å²) in [5.41, 5.74) is -0.683. The number of carbonyl (C=O) groups is 4. The molecule has 0 aromatic rings. The zero-order valence-electron chi connectivity index (χ0n) is 17.2. The molecule has 4 atom stereocenters. The number of methoxy groups -OCH3 is 1. The Labute approximate surface area is 165 Å². The predicted octanol–water partition coefficient (Wildman–Crippen LogP) is 0.816. The van der Waals surface area contributed by atoms with Crippen LogP contribution in [0.5, 0.6) is 0 Å². The summed E-state index contributed by atoms with van der Waals surface area (Å²) in [6, 6.07) is -1.65. The molecule has 9 heteroatoms. The number of carbonyl (C=O) groups excluding carboxylic acids is 4. The molecule has 0 bridgehead atoms. The lowest BCUT2D eigenvalue weighted by molar-refractivity contribution is -0.157. The summed E-state index contributed by atoms with van der Waals surface area (Å²) < 4.78 is 10.1. The first-order valence-electron chi connectivity index (χ1n) is 9.67. The Morgan fingerprint density at radius 2 is 2.00 bits per heavy atom. The van der Waals surface area contributed by atoms with Crippen LogP contribution in [0.2, 0.25) is 0 Å². The zero-order chi connectivity index (χ0) is 21.1. The quantitative estimate of drug-likeness (QED) is 0.664. The lowest BCUT2D eigenvalue weighted by Crippen LogP contribution is -2.60. The van der Waals surface area contributed by atoms with E-state index in [0.29, 0.717) is 25.9 Å². The number of esters is 1. The highest BCUT2D eigenvalue weighted by Crippen LogP contribution is 2.26. The summed E-state index contributed by atoms with van der Waals surface area (Å²) in [6.07, 6.45) is 0.594. The molecule has 2 aliphatic heterocycles. The van der Waals surface area contributed by atoms with Gasteiger partial charge in [0, 0.05) is 19.0 Å². The van der Waals surface area contributed by atoms with E-state index in [2.05, 4.69) is 10.6 Å². The SMILES string of the molecule is COC(=O)[C@H](C[C@@H]1CCNC1=O)N1CC(C)C[C@H](NC(=O)OC(C)(C)C)C1=O. The molecule has 0 spiro atoms. The van der Waals surface area contributed by atoms with Crippen LogP contribution in [0.15, 0.2) is 0 Å². The fraction of sp³-hybridized carbons (Fsp3) is 0.789. The van der Waals surface area contributed by atoms with Crippen molar-refractivity contribution in [2.75, 3.05) is 20.2 Å². The second-order valence-corrected chi connectivity index (χ2v) is 8.58. The van der Waals surface area contributed by atoms with Crippen molar-refractivity contribution in [1.82, 2.24) is 15.5 Å². The number of likely N-dealkylation sites (tertiary alicyclic amines) is 1. The molecule has 0 radical (unpaired) electrons. The molecule has 0 aromatic carbocycles. The maximum Gasteiger partial charge on any atom is 0.408 e. The van der Waals surface area contributed by atoms with Crippen molar-refractivity contribution in [3.63, 3.8) is 0 Å². The van der Waals surface area contributed by atoms with E-state index in [9.17, 15) is 19.2 Å². The van der Waals surface area contributed by atoms with Gasteiger partial charge in [0.25, 0.3) is 0 Å². The molecule has 28 heavy (non-hydrogen) atoms. The Morgan fingerprint density at radius 3 is 2.54 bits per heavy atom. The van der Waals surface area contributed by atoms with Crippen molar-refractivity contribution >= 4 is 23.9 Å². The minimum absolute atomic E-state index is 0.0576. The number of hydrogen-bond acceptors (Lipinski definition) is 6. The summed E-state index contributed by atoms with van der Waals surface area (Å²) in [5.74, 6) is -1.32. The monoisotopic (exact) mass is 397 g/mol. The van der Waals surface area contributed by atoms with Gasteiger partial charge in [-0.15, -0.1) is 0 Å². The minimum atomic E-state index is -0.864. The Balaban J connectivity index is 2.15. The van der Waals surface area contributed by atoms with Gasteiger partial charge in [0.2, 0.25) is 11.8 Å². The first-order valence-corrected chi connectivity index (χ1v) is 9.67. The molecular weight excluding hydrogens is 366 g/mol. The van der Waals surface area contributed by atoms with Gasteiger partial charge in [-0.25, -0.2) is 9.59 Å². The predicted molar refractivity (Wildman–Crippen MR) is 100 cm³/mol. The average molecular weight is 397 g/mol. The van der Waals surface area contributed by atoms with Gasteiger partial charge in [-0.2, -0.15) is 0 Å². The van der Waals surface area contributed by atoms with Crippen LogP contribution in [0.3, 0.4) is 0 Å². The summed E-state index contributed by atoms with van der Waals surface area (Å²) >= 11 is 0. The largest absolute Gasteiger partial charge is 0.467 e. The van der Waals surface area contributed by atoms with E-state index in [4.69, 9.17) is 9.47 Å². The van der Waals surface area contributed by atoms with Crippen molar-refractivity contribution in [2.45, 2.75) is 64.6 Å². The van der Waals surface area contributed by atoms with Crippen LogP contribution in [0.4, 0.5) is 4.79 Å². The molecule has 9 nitrogen and oxygen atoms in total. The lowest BCUT2D eigenvalue weighted by atomic mass is 9.90. The molecule has 2 N–H and O–H groups in total. The van der Waals surface area contributed by atoms with E-state index in [1.54, 1.807) is 20.8 Å². The van der Waals surface area contributed by atoms with Gasteiger partial charge in [0.15, 0.2) is 0 Å². The number of amides is 3. The van der Waals surface area contributed by atoms with Gasteiger partial charge in [-0.1, -0.05) is 6.92 Å². The first kappa shape index (κ1) is 22.0. The Morgan fingerprint density at radius 1 is 1.32 bits per heavy atom. The highest BCUT2D eigenvalue weighted by Gasteiger charge is 2.42. The second kappa shape index (κ2) is 8.79. The fourth-order valence-electron chi connectivity index (χ4n) is 3.68. The summed E-state index contributed by atoms with van der Waals surface area (Å²) in [7, 11) is 1.26. The van der Waals surface area contributed by atoms with Crippen molar-refractivity contribution in [3.8, 4) is 0 Å². The van der Waals surface area contributed by atoms with Crippen molar-refractivity contribution in [1.29, 1.82) is 0 Å². The molecule has 2 saturated heterocycles. The molecule has 2 aliphatic rings. The molecule has 0 saturated carbocycles. The van der Waals surface area contributed by atoms with Crippen LogP contribution in [0, 0.1) is 11.8 Å². The third-order valence-electron chi connectivity index (χ3n) is 4.94. The highest BCUT2D eigenvalue weighted by molar-refractivity contribution is 5.91. The van der Waals surface area contributed by atoms with Crippen LogP contribution in [0.1, 0.15) is 47.0 Å². The molecule has 0 aliphatic carbocycles. The average Bonchev–Trinajstić information content (AvgIpc) is 2.98. The highest BCUT2D eigenvalue weighted by atomic mass is 16.6. The number of nitrogens with one attached hydrogen (secondary N) is 2. The smallest absolute Gasteiger partial charge is 0.408 e. The first-order chi connectivity index (χ1) is 13.0. The molecule has 2 rings (SSSR count). The van der Waals surface area contributed by atoms with E-state index < -0.39 is 29.7 Å². The van der Waals surface area contributed by atoms with Crippen LogP contribution < -0.4 is 10.6 Å². The number of ether oxygens (including phenoxy) is 2. The molecule has 0 aromatic heterocycles. The van der Waals surface area contributed by atoms with E-state index in [-0.39, 0.29) is 30.1 Å². The number of hydrogen-bond donors (Lipinski definition) is 2. The number of piperidine rings is 1. The minimum Gasteiger partial charge on any atom is -0.467 e. The number of alkyl carbamates (subject to hydrolysis) is 1. The van der Waals surface area contributed by atoms with E-state index in [1.807, 2.05) is 6.92 Å². The zero-order valence-corrected chi connectivity index (χ0v) is 17.2. The molecule has 2 fully saturated rings. The van der Waals surface area contributed by atoms with Crippen LogP contribution in [-0.2, 0) is 23.9 Å². The molecular formula is C19H31N3O6. The summed E-state index contributed by atoms with van der Waals surface area (Å²) in [4.78, 5) is 51.0. The van der Waals surface area contributed by atoms with E-state index >= 15 is 0 Å². The topological polar surface area (TPSA) is 114 Å². The van der Waals surface area contributed by atoms with Gasteiger partial charge in [-0.3, -0.25) is 9.59 Å². The van der Waals surface area contributed by atoms with Crippen LogP contribution >= 0.6 is 0 Å². The Bertz CT molecular complexity index is 630. The summed E-state index contributed by atoms with van der Waals surface area (Å²) in [5, 5.41) is 5.36. The van der Waals surface area contributed by atoms with E-state index in [1.165, 1.54) is 12.0 Å². The third kappa shape index (κ3) is 5.59. The van der Waals surface area contributed by atoms with Crippen molar-refractivity contribution in [3.05, 3.63) is 0 Å². The molecule has 1 unspecified atom stereocenters. The Hall–Kier alpha value is -2.32. The van der Waals surface area contributed by atoms with Gasteiger partial charge in [0.05, 0.1) is 7.11 Å². The number of rotatable bonds is 5. The second-order valence-electron chi connectivity index (χ2n) is 8.58. The van der Waals surface area contributed by atoms with Crippen LogP contribution in [-0.4, -0.2) is 66.7 Å². The van der Waals surface area contributed by atoms with Crippen molar-refractivity contribution < 1.29 is 28.7 Å². The standard InChI is InChI=1S/C19H31N3O6/c1-11-8-13(21-18(26)28-19(2,3)4)16(24)22(10-11)14(17(25)27-5)9-12-6-7-20-15(12)23/h11-14H,6-10H2,1-5H3,(H,20,23)(H,21,26)/t11?,12-,13-,14-/m0/s1. The van der Waals surface area contributed by atoms with E-state index in [0.717, 1.165) is 0 Å². The molecule has 158 valence electrons. The maximum absolute atomic E-state index is 13.0. The lowest BCUT2D eigenvalue weighted by Gasteiger charge is -2.40. The maximum atomic E-state index is 13.0. The molecule has 2 heterocycles. The van der Waals surface area contributed by atoms with Crippen LogP contribution in [0.25, 0.3) is 0 Å². The van der Waals surface area contributed by atoms with Gasteiger partial charge < -0.3 is 25.0 Å². The van der Waals surface area contributed by atoms with Crippen molar-refractivity contribution in [2.24, 2.45) is 11.8 Å². The number of nitrogens with zero attached hydrogens (tertiary/aromatic N) is 1. The normalized spacial score (nSPS) is 26.5. The third-order valence-corrected chi connectivity index (χ3v) is 4.94. The fourth-order valence-corrected chi connectivity index (χ4v) is 3.68. The van der Waals surface area contributed by atoms with Gasteiger partial charge in [0.1, 0.15) is 17.7 Å². The summed E-state index contributed by atoms with van der Waals surface area (Å²) in [6.45, 7) is 8.09.